The Bertz CT molecular complexity index is 614. The maximum atomic E-state index is 12.3. The van der Waals surface area contributed by atoms with Gasteiger partial charge in [0.2, 0.25) is 5.91 Å². The molecule has 0 bridgehead atoms. The molecule has 1 aromatic carbocycles. The monoisotopic (exact) mass is 317 g/mol. The number of aryl methyl sites for hydroxylation is 2. The number of amides is 1. The first-order valence-electron chi connectivity index (χ1n) is 7.45. The Balaban J connectivity index is 1.87. The van der Waals surface area contributed by atoms with Crippen LogP contribution in [0, 0.1) is 13.8 Å². The van der Waals surface area contributed by atoms with Gasteiger partial charge in [-0.1, -0.05) is 12.1 Å². The van der Waals surface area contributed by atoms with Gasteiger partial charge in [-0.15, -0.1) is 11.8 Å². The molecule has 0 unspecified atom stereocenters. The van der Waals surface area contributed by atoms with Crippen LogP contribution in [0.4, 0.5) is 0 Å². The van der Waals surface area contributed by atoms with Crippen molar-refractivity contribution in [1.29, 1.82) is 0 Å². The summed E-state index contributed by atoms with van der Waals surface area (Å²) < 4.78 is 0. The lowest BCUT2D eigenvalue weighted by Gasteiger charge is -2.13. The zero-order valence-corrected chi connectivity index (χ0v) is 14.4. The van der Waals surface area contributed by atoms with Gasteiger partial charge in [0.05, 0.1) is 11.6 Å². The fourth-order valence-electron chi connectivity index (χ4n) is 2.60. The maximum absolute atomic E-state index is 12.3. The Labute approximate surface area is 136 Å². The van der Waals surface area contributed by atoms with E-state index < -0.39 is 0 Å². The van der Waals surface area contributed by atoms with E-state index in [1.165, 1.54) is 10.5 Å². The van der Waals surface area contributed by atoms with Gasteiger partial charge in [-0.25, -0.2) is 0 Å². The molecule has 1 atom stereocenters. The van der Waals surface area contributed by atoms with E-state index in [0.29, 0.717) is 6.54 Å². The molecule has 0 aliphatic carbocycles. The number of aromatic amines is 1. The summed E-state index contributed by atoms with van der Waals surface area (Å²) in [6.07, 6.45) is 2.91. The molecule has 1 amide bonds. The van der Waals surface area contributed by atoms with Crippen LogP contribution in [-0.4, -0.2) is 28.9 Å². The molecule has 0 spiro atoms. The molecule has 0 aliphatic rings. The molecule has 4 nitrogen and oxygen atoms in total. The van der Waals surface area contributed by atoms with E-state index >= 15 is 0 Å². The summed E-state index contributed by atoms with van der Waals surface area (Å²) in [4.78, 5) is 13.5. The first-order chi connectivity index (χ1) is 10.5. The van der Waals surface area contributed by atoms with Gasteiger partial charge in [0, 0.05) is 22.7 Å². The van der Waals surface area contributed by atoms with Gasteiger partial charge in [-0.3, -0.25) is 9.89 Å². The topological polar surface area (TPSA) is 57.8 Å². The van der Waals surface area contributed by atoms with Crippen molar-refractivity contribution in [2.24, 2.45) is 0 Å². The van der Waals surface area contributed by atoms with E-state index in [1.54, 1.807) is 11.8 Å². The van der Waals surface area contributed by atoms with Crippen LogP contribution in [0.15, 0.2) is 29.2 Å². The molecule has 0 fully saturated rings. The summed E-state index contributed by atoms with van der Waals surface area (Å²) in [5.74, 6) is -0.133. The zero-order chi connectivity index (χ0) is 16.1. The highest BCUT2D eigenvalue weighted by atomic mass is 32.2. The maximum Gasteiger partial charge on any atom is 0.227 e. The molecule has 2 aromatic rings. The number of carbonyl (C=O) groups is 1. The van der Waals surface area contributed by atoms with Crippen LogP contribution >= 0.6 is 11.8 Å². The van der Waals surface area contributed by atoms with E-state index in [4.69, 9.17) is 0 Å². The second-order valence-electron chi connectivity index (χ2n) is 5.46. The largest absolute Gasteiger partial charge is 0.355 e. The highest BCUT2D eigenvalue weighted by molar-refractivity contribution is 7.98. The lowest BCUT2D eigenvalue weighted by molar-refractivity contribution is -0.122. The first kappa shape index (κ1) is 16.6. The smallest absolute Gasteiger partial charge is 0.227 e. The Hall–Kier alpha value is -1.75. The number of carbonyl (C=O) groups excluding carboxylic acids is 1. The number of benzene rings is 1. The number of hydrogen-bond donors (Lipinski definition) is 2. The molecule has 0 saturated carbocycles. The number of thioether (sulfide) groups is 1. The summed E-state index contributed by atoms with van der Waals surface area (Å²) in [5.41, 5.74) is 4.10. The van der Waals surface area contributed by atoms with Crippen LogP contribution < -0.4 is 5.32 Å². The number of aromatic nitrogens is 2. The van der Waals surface area contributed by atoms with Crippen LogP contribution in [0.25, 0.3) is 0 Å². The summed E-state index contributed by atoms with van der Waals surface area (Å²) in [6.45, 7) is 6.45. The zero-order valence-electron chi connectivity index (χ0n) is 13.6. The summed E-state index contributed by atoms with van der Waals surface area (Å²) in [5, 5.41) is 10.1. The van der Waals surface area contributed by atoms with Gasteiger partial charge in [0.25, 0.3) is 0 Å². The van der Waals surface area contributed by atoms with Crippen molar-refractivity contribution in [3.63, 3.8) is 0 Å². The minimum Gasteiger partial charge on any atom is -0.355 e. The van der Waals surface area contributed by atoms with Gasteiger partial charge in [0.15, 0.2) is 0 Å². The number of nitrogens with one attached hydrogen (secondary N) is 2. The Morgan fingerprint density at radius 1 is 1.32 bits per heavy atom. The standard InChI is InChI=1S/C17H23N3OS/c1-11(16-12(2)19-20-13(16)3)17(21)18-10-9-14-5-7-15(22-4)8-6-14/h5-8,11H,9-10H2,1-4H3,(H,18,21)(H,19,20)/t11-/m1/s1. The van der Waals surface area contributed by atoms with E-state index in [1.807, 2.05) is 20.8 Å². The van der Waals surface area contributed by atoms with Gasteiger partial charge in [-0.2, -0.15) is 5.10 Å². The van der Waals surface area contributed by atoms with Crippen molar-refractivity contribution in [3.05, 3.63) is 46.8 Å². The molecular weight excluding hydrogens is 294 g/mol. The van der Waals surface area contributed by atoms with Crippen molar-refractivity contribution < 1.29 is 4.79 Å². The third kappa shape index (κ3) is 3.91. The van der Waals surface area contributed by atoms with E-state index in [9.17, 15) is 4.79 Å². The van der Waals surface area contributed by atoms with Crippen LogP contribution in [0.2, 0.25) is 0 Å². The molecule has 118 valence electrons. The van der Waals surface area contributed by atoms with E-state index in [0.717, 1.165) is 23.4 Å². The van der Waals surface area contributed by atoms with E-state index in [-0.39, 0.29) is 11.8 Å². The molecule has 0 radical (unpaired) electrons. The normalized spacial score (nSPS) is 12.2. The number of rotatable bonds is 6. The van der Waals surface area contributed by atoms with E-state index in [2.05, 4.69) is 46.0 Å². The lowest BCUT2D eigenvalue weighted by atomic mass is 9.98. The highest BCUT2D eigenvalue weighted by Gasteiger charge is 2.20. The fraction of sp³-hybridized carbons (Fsp3) is 0.412. The van der Waals surface area contributed by atoms with Crippen molar-refractivity contribution in [2.75, 3.05) is 12.8 Å². The predicted octanol–water partition coefficient (Wildman–Crippen LogP) is 3.21. The van der Waals surface area contributed by atoms with Crippen molar-refractivity contribution in [1.82, 2.24) is 15.5 Å². The third-order valence-corrected chi connectivity index (χ3v) is 4.63. The molecule has 2 N–H and O–H groups in total. The second kappa shape index (κ2) is 7.49. The predicted molar refractivity (Wildman–Crippen MR) is 91.4 cm³/mol. The second-order valence-corrected chi connectivity index (χ2v) is 6.34. The summed E-state index contributed by atoms with van der Waals surface area (Å²) in [6, 6.07) is 8.46. The van der Waals surface area contributed by atoms with Gasteiger partial charge >= 0.3 is 0 Å². The van der Waals surface area contributed by atoms with Gasteiger partial charge in [-0.05, 0) is 51.1 Å². The summed E-state index contributed by atoms with van der Waals surface area (Å²) in [7, 11) is 0. The average Bonchev–Trinajstić information content (AvgIpc) is 2.86. The fourth-order valence-corrected chi connectivity index (χ4v) is 3.01. The molecule has 22 heavy (non-hydrogen) atoms. The molecule has 1 aromatic heterocycles. The number of H-pyrrole nitrogens is 1. The number of nitrogens with zero attached hydrogens (tertiary/aromatic N) is 1. The SMILES string of the molecule is CSc1ccc(CCNC(=O)[C@H](C)c2c(C)n[nH]c2C)cc1. The molecule has 2 rings (SSSR count). The Kier molecular flexibility index (Phi) is 5.66. The quantitative estimate of drug-likeness (QED) is 0.804. The molecule has 0 aliphatic heterocycles. The van der Waals surface area contributed by atoms with Crippen LogP contribution in [0.5, 0.6) is 0 Å². The van der Waals surface area contributed by atoms with Crippen LogP contribution in [-0.2, 0) is 11.2 Å². The van der Waals surface area contributed by atoms with Crippen LogP contribution in [0.3, 0.4) is 0 Å². The third-order valence-electron chi connectivity index (χ3n) is 3.88. The summed E-state index contributed by atoms with van der Waals surface area (Å²) >= 11 is 1.73. The van der Waals surface area contributed by atoms with Gasteiger partial charge < -0.3 is 5.32 Å². The first-order valence-corrected chi connectivity index (χ1v) is 8.67. The lowest BCUT2D eigenvalue weighted by Crippen LogP contribution is -2.30. The average molecular weight is 317 g/mol. The number of hydrogen-bond acceptors (Lipinski definition) is 3. The molecule has 0 saturated heterocycles. The highest BCUT2D eigenvalue weighted by Crippen LogP contribution is 2.21. The van der Waals surface area contributed by atoms with Crippen molar-refractivity contribution in [2.45, 2.75) is 38.0 Å². The van der Waals surface area contributed by atoms with Crippen molar-refractivity contribution >= 4 is 17.7 Å². The Morgan fingerprint density at radius 2 is 2.00 bits per heavy atom. The van der Waals surface area contributed by atoms with Crippen molar-refractivity contribution in [3.8, 4) is 0 Å². The minimum absolute atomic E-state index is 0.0494. The molecular formula is C17H23N3OS. The Morgan fingerprint density at radius 3 is 2.55 bits per heavy atom. The minimum atomic E-state index is -0.183. The molecule has 5 heteroatoms. The van der Waals surface area contributed by atoms with Gasteiger partial charge in [0.1, 0.15) is 0 Å². The molecule has 1 heterocycles. The van der Waals surface area contributed by atoms with Crippen LogP contribution in [0.1, 0.15) is 35.4 Å².